The molecular weight excluding hydrogens is 427 g/mol. The molecule has 0 bridgehead atoms. The van der Waals surface area contributed by atoms with Crippen LogP contribution in [0.2, 0.25) is 0 Å². The number of fused-ring (bicyclic) bond motifs is 1. The minimum absolute atomic E-state index is 0.0260. The summed E-state index contributed by atoms with van der Waals surface area (Å²) < 4.78 is 15.0. The molecule has 1 saturated carbocycles. The number of halogens is 1. The van der Waals surface area contributed by atoms with Crippen LogP contribution in [0.4, 0.5) is 10.1 Å². The smallest absolute Gasteiger partial charge is 0.262 e. The third-order valence-electron chi connectivity index (χ3n) is 7.46. The van der Waals surface area contributed by atoms with E-state index < -0.39 is 35.5 Å². The van der Waals surface area contributed by atoms with Crippen LogP contribution < -0.4 is 10.2 Å². The van der Waals surface area contributed by atoms with Gasteiger partial charge in [-0.1, -0.05) is 19.3 Å². The first kappa shape index (κ1) is 22.0. The van der Waals surface area contributed by atoms with Crippen molar-refractivity contribution in [2.24, 2.45) is 5.92 Å². The van der Waals surface area contributed by atoms with Crippen molar-refractivity contribution >= 4 is 29.3 Å². The van der Waals surface area contributed by atoms with Crippen molar-refractivity contribution in [3.63, 3.8) is 0 Å². The van der Waals surface area contributed by atoms with Gasteiger partial charge in [-0.25, -0.2) is 4.39 Å². The maximum Gasteiger partial charge on any atom is 0.262 e. The quantitative estimate of drug-likeness (QED) is 0.697. The van der Waals surface area contributed by atoms with Crippen molar-refractivity contribution in [2.45, 2.75) is 51.0 Å². The molecule has 176 valence electrons. The van der Waals surface area contributed by atoms with E-state index in [0.717, 1.165) is 36.5 Å². The van der Waals surface area contributed by atoms with E-state index in [9.17, 15) is 19.2 Å². The number of imide groups is 2. The van der Waals surface area contributed by atoms with Gasteiger partial charge < -0.3 is 4.90 Å². The summed E-state index contributed by atoms with van der Waals surface area (Å²) in [5.74, 6) is -2.18. The summed E-state index contributed by atoms with van der Waals surface area (Å²) in [5, 5.41) is 2.17. The molecule has 1 unspecified atom stereocenters. The highest BCUT2D eigenvalue weighted by Gasteiger charge is 2.45. The highest BCUT2D eigenvalue weighted by atomic mass is 19.1. The summed E-state index contributed by atoms with van der Waals surface area (Å²) in [6, 6.07) is 1.52. The molecular formula is C24H29FN4O4. The molecule has 3 heterocycles. The second kappa shape index (κ2) is 8.85. The van der Waals surface area contributed by atoms with Crippen molar-refractivity contribution in [1.82, 2.24) is 15.1 Å². The molecule has 3 aliphatic heterocycles. The van der Waals surface area contributed by atoms with Crippen molar-refractivity contribution in [2.75, 3.05) is 37.6 Å². The van der Waals surface area contributed by atoms with E-state index in [-0.39, 0.29) is 24.0 Å². The summed E-state index contributed by atoms with van der Waals surface area (Å²) in [4.78, 5) is 54.8. The lowest BCUT2D eigenvalue weighted by atomic mass is 9.89. The normalized spacial score (nSPS) is 24.9. The number of hydrogen-bond acceptors (Lipinski definition) is 6. The Morgan fingerprint density at radius 3 is 2.21 bits per heavy atom. The summed E-state index contributed by atoms with van der Waals surface area (Å²) >= 11 is 0. The van der Waals surface area contributed by atoms with Crippen LogP contribution in [0.25, 0.3) is 0 Å². The molecule has 2 saturated heterocycles. The molecule has 33 heavy (non-hydrogen) atoms. The zero-order chi connectivity index (χ0) is 23.1. The summed E-state index contributed by atoms with van der Waals surface area (Å²) in [6.45, 7) is 4.07. The third-order valence-corrected chi connectivity index (χ3v) is 7.46. The van der Waals surface area contributed by atoms with Gasteiger partial charge in [0.15, 0.2) is 0 Å². The number of anilines is 1. The Bertz CT molecular complexity index is 998. The van der Waals surface area contributed by atoms with Crippen LogP contribution in [0.5, 0.6) is 0 Å². The molecule has 1 aromatic carbocycles. The standard InChI is InChI=1S/C24H29FN4O4/c25-18-12-16-17(24(33)29(23(16)32)19-6-7-21(30)26-22(19)31)13-20(18)28-10-8-27(9-11-28)14-15-4-2-1-3-5-15/h12-13,15,19H,1-11,14H2,(H,26,30,31). The first-order valence-corrected chi connectivity index (χ1v) is 11.9. The van der Waals surface area contributed by atoms with Gasteiger partial charge in [0.1, 0.15) is 11.9 Å². The topological polar surface area (TPSA) is 90.0 Å². The minimum Gasteiger partial charge on any atom is -0.367 e. The van der Waals surface area contributed by atoms with Gasteiger partial charge in [0.05, 0.1) is 16.8 Å². The minimum atomic E-state index is -1.05. The van der Waals surface area contributed by atoms with E-state index in [4.69, 9.17) is 0 Å². The molecule has 8 nitrogen and oxygen atoms in total. The Hall–Kier alpha value is -2.81. The lowest BCUT2D eigenvalue weighted by molar-refractivity contribution is -0.136. The first-order valence-electron chi connectivity index (χ1n) is 11.9. The van der Waals surface area contributed by atoms with E-state index in [1.807, 2.05) is 4.90 Å². The molecule has 5 rings (SSSR count). The Kier molecular flexibility index (Phi) is 5.90. The average Bonchev–Trinajstić information content (AvgIpc) is 3.04. The number of rotatable bonds is 4. The van der Waals surface area contributed by atoms with E-state index in [0.29, 0.717) is 18.8 Å². The average molecular weight is 457 g/mol. The van der Waals surface area contributed by atoms with Gasteiger partial charge in [0, 0.05) is 39.1 Å². The second-order valence-electron chi connectivity index (χ2n) is 9.59. The second-order valence-corrected chi connectivity index (χ2v) is 9.59. The van der Waals surface area contributed by atoms with E-state index in [1.165, 1.54) is 38.2 Å². The number of benzene rings is 1. The van der Waals surface area contributed by atoms with Crippen LogP contribution in [0.1, 0.15) is 65.7 Å². The Morgan fingerprint density at radius 1 is 0.879 bits per heavy atom. The lowest BCUT2D eigenvalue weighted by Gasteiger charge is -2.38. The van der Waals surface area contributed by atoms with Crippen molar-refractivity contribution < 1.29 is 23.6 Å². The highest BCUT2D eigenvalue weighted by Crippen LogP contribution is 2.33. The number of piperazine rings is 1. The van der Waals surface area contributed by atoms with Crippen LogP contribution in [0.15, 0.2) is 12.1 Å². The molecule has 4 aliphatic rings. The fourth-order valence-electron chi connectivity index (χ4n) is 5.63. The molecule has 0 aromatic heterocycles. The Balaban J connectivity index is 1.29. The number of piperidine rings is 1. The number of nitrogens with zero attached hydrogens (tertiary/aromatic N) is 3. The van der Waals surface area contributed by atoms with Gasteiger partial charge in [-0.05, 0) is 37.3 Å². The summed E-state index contributed by atoms with van der Waals surface area (Å²) in [7, 11) is 0. The first-order chi connectivity index (χ1) is 15.9. The molecule has 1 aromatic rings. The van der Waals surface area contributed by atoms with E-state index in [2.05, 4.69) is 10.2 Å². The predicted molar refractivity (Wildman–Crippen MR) is 118 cm³/mol. The van der Waals surface area contributed by atoms with Crippen LogP contribution in [0.3, 0.4) is 0 Å². The fourth-order valence-corrected chi connectivity index (χ4v) is 5.63. The maximum atomic E-state index is 15.0. The van der Waals surface area contributed by atoms with Crippen molar-refractivity contribution in [3.8, 4) is 0 Å². The zero-order valence-electron chi connectivity index (χ0n) is 18.6. The van der Waals surface area contributed by atoms with Gasteiger partial charge in [0.2, 0.25) is 11.8 Å². The number of amides is 4. The predicted octanol–water partition coefficient (Wildman–Crippen LogP) is 1.93. The molecule has 1 atom stereocenters. The van der Waals surface area contributed by atoms with E-state index in [1.54, 1.807) is 0 Å². The summed E-state index contributed by atoms with van der Waals surface area (Å²) in [6.07, 6.45) is 6.67. The molecule has 0 radical (unpaired) electrons. The largest absolute Gasteiger partial charge is 0.367 e. The Labute approximate surface area is 192 Å². The van der Waals surface area contributed by atoms with Crippen molar-refractivity contribution in [3.05, 3.63) is 29.1 Å². The van der Waals surface area contributed by atoms with Crippen LogP contribution in [-0.2, 0) is 9.59 Å². The van der Waals surface area contributed by atoms with E-state index >= 15 is 4.39 Å². The van der Waals surface area contributed by atoms with Gasteiger partial charge in [-0.3, -0.25) is 34.3 Å². The molecule has 1 N–H and O–H groups in total. The maximum absolute atomic E-state index is 15.0. The van der Waals surface area contributed by atoms with Crippen molar-refractivity contribution in [1.29, 1.82) is 0 Å². The fraction of sp³-hybridized carbons (Fsp3) is 0.583. The monoisotopic (exact) mass is 456 g/mol. The molecule has 0 spiro atoms. The van der Waals surface area contributed by atoms with Crippen LogP contribution >= 0.6 is 0 Å². The van der Waals surface area contributed by atoms with Gasteiger partial charge in [-0.2, -0.15) is 0 Å². The van der Waals surface area contributed by atoms with Crippen LogP contribution in [-0.4, -0.2) is 72.2 Å². The van der Waals surface area contributed by atoms with Crippen LogP contribution in [0, 0.1) is 11.7 Å². The SMILES string of the molecule is O=C1CCC(N2C(=O)c3cc(F)c(N4CCN(CC5CCCCC5)CC4)cc3C2=O)C(=O)N1. The molecule has 4 amide bonds. The number of carbonyl (C=O) groups excluding carboxylic acids is 4. The summed E-state index contributed by atoms with van der Waals surface area (Å²) in [5.41, 5.74) is 0.407. The van der Waals surface area contributed by atoms with Gasteiger partial charge in [0.25, 0.3) is 11.8 Å². The lowest BCUT2D eigenvalue weighted by Crippen LogP contribution is -2.54. The molecule has 1 aliphatic carbocycles. The molecule has 9 heteroatoms. The number of carbonyl (C=O) groups is 4. The third kappa shape index (κ3) is 4.14. The molecule has 3 fully saturated rings. The number of hydrogen-bond donors (Lipinski definition) is 1. The Morgan fingerprint density at radius 2 is 1.55 bits per heavy atom. The van der Waals surface area contributed by atoms with Gasteiger partial charge in [-0.15, -0.1) is 0 Å². The zero-order valence-corrected chi connectivity index (χ0v) is 18.6. The van der Waals surface area contributed by atoms with Gasteiger partial charge >= 0.3 is 0 Å². The highest BCUT2D eigenvalue weighted by molar-refractivity contribution is 6.23. The number of nitrogens with one attached hydrogen (secondary N) is 1.